The van der Waals surface area contributed by atoms with E-state index < -0.39 is 29.3 Å². The Hall–Kier alpha value is -5.03. The number of carbonyl (C=O) groups is 3. The van der Waals surface area contributed by atoms with Gasteiger partial charge in [-0.3, -0.25) is 19.5 Å². The molecule has 0 unspecified atom stereocenters. The molecule has 3 amide bonds. The first-order valence-corrected chi connectivity index (χ1v) is 15.8. The van der Waals surface area contributed by atoms with Crippen molar-refractivity contribution in [1.82, 2.24) is 45.6 Å². The number of pyridine rings is 1. The number of halogens is 5. The smallest absolute Gasteiger partial charge is 0.384 e. The molecule has 0 atom stereocenters. The van der Waals surface area contributed by atoms with Crippen LogP contribution in [0.1, 0.15) is 45.1 Å². The van der Waals surface area contributed by atoms with Gasteiger partial charge < -0.3 is 31.2 Å². The van der Waals surface area contributed by atoms with Gasteiger partial charge in [-0.15, -0.1) is 0 Å². The lowest BCUT2D eigenvalue weighted by molar-refractivity contribution is -0.140. The number of aromatic amines is 2. The SMILES string of the molecule is Nc1ccc(-c2[nH]nc(C(F)(F)F)c2-c2cnc(C(=O)NCc3ccc(C(=O)N4CCN(C(=O)C5CCNCC5)CC4)c(Cl)c3)[nH]2)c(F)n1. The molecule has 0 aliphatic carbocycles. The number of H-pyrrole nitrogens is 2. The lowest BCUT2D eigenvalue weighted by Gasteiger charge is -2.37. The molecule has 0 bridgehead atoms. The molecule has 0 radical (unpaired) electrons. The molecule has 0 saturated carbocycles. The van der Waals surface area contributed by atoms with E-state index in [2.05, 4.69) is 35.8 Å². The van der Waals surface area contributed by atoms with Crippen LogP contribution in [0.15, 0.2) is 36.5 Å². The number of amides is 3. The van der Waals surface area contributed by atoms with Crippen molar-refractivity contribution in [3.8, 4) is 22.5 Å². The molecule has 49 heavy (non-hydrogen) atoms. The summed E-state index contributed by atoms with van der Waals surface area (Å²) in [6.07, 6.45) is -2.31. The fourth-order valence-corrected chi connectivity index (χ4v) is 6.22. The van der Waals surface area contributed by atoms with Crippen LogP contribution in [0.5, 0.6) is 0 Å². The van der Waals surface area contributed by atoms with Crippen molar-refractivity contribution in [1.29, 1.82) is 0 Å². The van der Waals surface area contributed by atoms with E-state index in [1.807, 2.05) is 4.90 Å². The summed E-state index contributed by atoms with van der Waals surface area (Å²) in [6, 6.07) is 7.07. The molecule has 6 N–H and O–H groups in total. The number of rotatable bonds is 7. The van der Waals surface area contributed by atoms with Crippen LogP contribution in [0.2, 0.25) is 5.02 Å². The zero-order valence-electron chi connectivity index (χ0n) is 25.8. The van der Waals surface area contributed by atoms with Crippen LogP contribution in [0, 0.1) is 11.9 Å². The molecule has 1 aromatic carbocycles. The van der Waals surface area contributed by atoms with Crippen LogP contribution in [-0.2, 0) is 17.5 Å². The molecule has 4 aromatic rings. The summed E-state index contributed by atoms with van der Waals surface area (Å²) in [6.45, 7) is 3.25. The number of aromatic nitrogens is 5. The highest BCUT2D eigenvalue weighted by atomic mass is 35.5. The number of alkyl halides is 3. The molecule has 18 heteroatoms. The average Bonchev–Trinajstić information content (AvgIpc) is 3.75. The van der Waals surface area contributed by atoms with E-state index >= 15 is 0 Å². The van der Waals surface area contributed by atoms with E-state index in [4.69, 9.17) is 17.3 Å². The molecule has 2 saturated heterocycles. The summed E-state index contributed by atoms with van der Waals surface area (Å²) >= 11 is 6.47. The number of hydrogen-bond donors (Lipinski definition) is 5. The van der Waals surface area contributed by atoms with Gasteiger partial charge in [-0.2, -0.15) is 22.7 Å². The van der Waals surface area contributed by atoms with Gasteiger partial charge in [-0.25, -0.2) is 9.97 Å². The van der Waals surface area contributed by atoms with E-state index in [0.717, 1.165) is 38.2 Å². The van der Waals surface area contributed by atoms with Gasteiger partial charge in [0.1, 0.15) is 5.82 Å². The zero-order chi connectivity index (χ0) is 34.9. The Morgan fingerprint density at radius 1 is 1.04 bits per heavy atom. The van der Waals surface area contributed by atoms with Crippen molar-refractivity contribution in [3.05, 3.63) is 70.1 Å². The average molecular weight is 703 g/mol. The maximum atomic E-state index is 14.6. The number of carbonyl (C=O) groups excluding carboxylic acids is 3. The Morgan fingerprint density at radius 2 is 1.76 bits per heavy atom. The van der Waals surface area contributed by atoms with Gasteiger partial charge in [-0.1, -0.05) is 17.7 Å². The first-order valence-electron chi connectivity index (χ1n) is 15.4. The van der Waals surface area contributed by atoms with Gasteiger partial charge in [0.15, 0.2) is 11.5 Å². The van der Waals surface area contributed by atoms with Crippen LogP contribution < -0.4 is 16.4 Å². The number of piperidine rings is 1. The number of imidazole rings is 1. The van der Waals surface area contributed by atoms with Gasteiger partial charge in [0, 0.05) is 38.6 Å². The molecule has 6 rings (SSSR count). The number of nitrogens with zero attached hydrogens (tertiary/aromatic N) is 5. The van der Waals surface area contributed by atoms with Gasteiger partial charge >= 0.3 is 6.18 Å². The zero-order valence-corrected chi connectivity index (χ0v) is 26.6. The van der Waals surface area contributed by atoms with Gasteiger partial charge in [0.25, 0.3) is 11.8 Å². The molecular formula is C31H31ClF4N10O3. The van der Waals surface area contributed by atoms with E-state index in [-0.39, 0.29) is 63.5 Å². The van der Waals surface area contributed by atoms with Crippen LogP contribution in [0.25, 0.3) is 22.5 Å². The summed E-state index contributed by atoms with van der Waals surface area (Å²) < 4.78 is 56.1. The Kier molecular flexibility index (Phi) is 9.56. The summed E-state index contributed by atoms with van der Waals surface area (Å²) in [5.74, 6) is -2.49. The number of nitrogens with two attached hydrogens (primary N) is 1. The highest BCUT2D eigenvalue weighted by Gasteiger charge is 2.40. The summed E-state index contributed by atoms with van der Waals surface area (Å²) in [5, 5.41) is 11.6. The normalized spacial score (nSPS) is 15.8. The Bertz CT molecular complexity index is 1880. The predicted molar refractivity (Wildman–Crippen MR) is 169 cm³/mol. The number of anilines is 1. The Balaban J connectivity index is 1.09. The van der Waals surface area contributed by atoms with Crippen molar-refractivity contribution < 1.29 is 31.9 Å². The predicted octanol–water partition coefficient (Wildman–Crippen LogP) is 3.47. The van der Waals surface area contributed by atoms with Gasteiger partial charge in [-0.05, 0) is 55.8 Å². The molecule has 258 valence electrons. The first kappa shape index (κ1) is 33.9. The fourth-order valence-electron chi connectivity index (χ4n) is 5.94. The summed E-state index contributed by atoms with van der Waals surface area (Å²) in [4.78, 5) is 52.4. The number of nitrogens with one attached hydrogen (secondary N) is 4. The quantitative estimate of drug-likeness (QED) is 0.144. The molecule has 2 aliphatic rings. The molecule has 2 fully saturated rings. The van der Waals surface area contributed by atoms with Crippen molar-refractivity contribution in [2.75, 3.05) is 45.0 Å². The van der Waals surface area contributed by atoms with E-state index in [1.165, 1.54) is 12.1 Å². The van der Waals surface area contributed by atoms with E-state index in [9.17, 15) is 31.9 Å². The minimum absolute atomic E-state index is 0.0105. The van der Waals surface area contributed by atoms with E-state index in [0.29, 0.717) is 31.7 Å². The molecule has 2 aliphatic heterocycles. The fraction of sp³-hybridized carbons (Fsp3) is 0.355. The lowest BCUT2D eigenvalue weighted by atomic mass is 9.96. The number of benzene rings is 1. The largest absolute Gasteiger partial charge is 0.435 e. The van der Waals surface area contributed by atoms with Crippen molar-refractivity contribution >= 4 is 35.1 Å². The van der Waals surface area contributed by atoms with Crippen LogP contribution in [-0.4, -0.2) is 91.9 Å². The molecule has 0 spiro atoms. The van der Waals surface area contributed by atoms with Crippen molar-refractivity contribution in [2.24, 2.45) is 5.92 Å². The third-order valence-electron chi connectivity index (χ3n) is 8.52. The summed E-state index contributed by atoms with van der Waals surface area (Å²) in [7, 11) is 0. The van der Waals surface area contributed by atoms with Crippen molar-refractivity contribution in [2.45, 2.75) is 25.6 Å². The molecular weight excluding hydrogens is 672 g/mol. The minimum Gasteiger partial charge on any atom is -0.384 e. The topological polar surface area (TPSA) is 178 Å². The Morgan fingerprint density at radius 3 is 2.43 bits per heavy atom. The minimum atomic E-state index is -4.93. The second kappa shape index (κ2) is 13.8. The lowest BCUT2D eigenvalue weighted by Crippen LogP contribution is -2.52. The molecule has 13 nitrogen and oxygen atoms in total. The molecule has 5 heterocycles. The van der Waals surface area contributed by atoms with Crippen LogP contribution in [0.3, 0.4) is 0 Å². The van der Waals surface area contributed by atoms with Crippen molar-refractivity contribution in [3.63, 3.8) is 0 Å². The second-order valence-electron chi connectivity index (χ2n) is 11.7. The van der Waals surface area contributed by atoms with Gasteiger partial charge in [0.2, 0.25) is 11.9 Å². The monoisotopic (exact) mass is 702 g/mol. The van der Waals surface area contributed by atoms with Crippen LogP contribution >= 0.6 is 11.6 Å². The maximum absolute atomic E-state index is 14.6. The van der Waals surface area contributed by atoms with Gasteiger partial charge in [0.05, 0.1) is 39.3 Å². The van der Waals surface area contributed by atoms with Crippen LogP contribution in [0.4, 0.5) is 23.4 Å². The third-order valence-corrected chi connectivity index (χ3v) is 8.83. The Labute approximate surface area is 281 Å². The standard InChI is InChI=1S/C31H31ClF4N10O3/c32-20-13-16(1-2-18(20)30(49)46-11-9-45(10-12-46)29(48)17-5-7-38-8-6-17)14-40-28(47)27-39-15-21(41-27)23-24(43-44-25(23)31(34,35)36)19-3-4-22(37)42-26(19)33/h1-4,13,15,17,38H,5-12,14H2,(H2,37,42)(H,39,41)(H,40,47)(H,43,44). The highest BCUT2D eigenvalue weighted by Crippen LogP contribution is 2.41. The second-order valence-corrected chi connectivity index (χ2v) is 12.1. The first-order chi connectivity index (χ1) is 23.4. The number of hydrogen-bond acceptors (Lipinski definition) is 8. The van der Waals surface area contributed by atoms with E-state index in [1.54, 1.807) is 17.0 Å². The molecule has 3 aromatic heterocycles. The number of piperazine rings is 1. The number of nitrogen functional groups attached to an aromatic ring is 1. The third kappa shape index (κ3) is 7.22. The highest BCUT2D eigenvalue weighted by molar-refractivity contribution is 6.33. The summed E-state index contributed by atoms with van der Waals surface area (Å²) in [5.41, 5.74) is 3.46. The maximum Gasteiger partial charge on any atom is 0.435 e.